The number of nitrogens with zero attached hydrogens (tertiary/aromatic N) is 4. The minimum atomic E-state index is -2.65. The van der Waals surface area contributed by atoms with Crippen LogP contribution in [0.5, 0.6) is 5.88 Å². The van der Waals surface area contributed by atoms with Gasteiger partial charge < -0.3 is 4.74 Å². The average molecular weight is 311 g/mol. The Hall–Kier alpha value is -2.28. The minimum absolute atomic E-state index is 0.226. The lowest BCUT2D eigenvalue weighted by Gasteiger charge is -2.06. The second-order valence-corrected chi connectivity index (χ2v) is 4.58. The van der Waals surface area contributed by atoms with Crippen molar-refractivity contribution in [2.24, 2.45) is 0 Å². The Balaban J connectivity index is 2.20. The minimum Gasteiger partial charge on any atom is -0.481 e. The van der Waals surface area contributed by atoms with Crippen molar-refractivity contribution < 1.29 is 13.5 Å². The summed E-state index contributed by atoms with van der Waals surface area (Å²) in [5.41, 5.74) is 1.28. The fourth-order valence-electron chi connectivity index (χ4n) is 1.93. The van der Waals surface area contributed by atoms with E-state index in [9.17, 15) is 8.78 Å². The quantitative estimate of drug-likeness (QED) is 0.696. The predicted molar refractivity (Wildman–Crippen MR) is 72.7 cm³/mol. The molecular weight excluding hydrogens is 302 g/mol. The standard InChI is InChI=1S/C13H9ClF2N4O/c1-21-12-5-7(4-10(14)18-12)9-6-17-11-3-2-8(13(15)16)19-20(9)11/h2-6,13H,1H3. The highest BCUT2D eigenvalue weighted by molar-refractivity contribution is 6.29. The number of rotatable bonds is 3. The third-order valence-corrected chi connectivity index (χ3v) is 3.08. The molecule has 0 spiro atoms. The van der Waals surface area contributed by atoms with Gasteiger partial charge in [0, 0.05) is 11.6 Å². The lowest BCUT2D eigenvalue weighted by atomic mass is 10.2. The van der Waals surface area contributed by atoms with Crippen LogP contribution in [0, 0.1) is 0 Å². The lowest BCUT2D eigenvalue weighted by molar-refractivity contribution is 0.144. The molecule has 0 aliphatic heterocycles. The van der Waals surface area contributed by atoms with Gasteiger partial charge in [0.2, 0.25) is 5.88 Å². The third kappa shape index (κ3) is 2.52. The number of aromatic nitrogens is 4. The molecule has 108 valence electrons. The Bertz CT molecular complexity index is 806. The van der Waals surface area contributed by atoms with Crippen LogP contribution < -0.4 is 4.74 Å². The first kappa shape index (κ1) is 13.7. The molecule has 0 bridgehead atoms. The second kappa shape index (κ2) is 5.25. The molecular formula is C13H9ClF2N4O. The first-order valence-electron chi connectivity index (χ1n) is 5.93. The number of hydrogen-bond acceptors (Lipinski definition) is 4. The Kier molecular flexibility index (Phi) is 3.42. The molecule has 0 aliphatic rings. The van der Waals surface area contributed by atoms with E-state index >= 15 is 0 Å². The van der Waals surface area contributed by atoms with Crippen LogP contribution in [0.15, 0.2) is 30.5 Å². The first-order chi connectivity index (χ1) is 10.1. The molecule has 0 amide bonds. The van der Waals surface area contributed by atoms with Crippen molar-refractivity contribution in [1.29, 1.82) is 0 Å². The van der Waals surface area contributed by atoms with E-state index in [-0.39, 0.29) is 10.8 Å². The number of fused-ring (bicyclic) bond motifs is 1. The molecule has 0 saturated heterocycles. The summed E-state index contributed by atoms with van der Waals surface area (Å²) in [6.07, 6.45) is -1.12. The summed E-state index contributed by atoms with van der Waals surface area (Å²) in [4.78, 5) is 8.09. The van der Waals surface area contributed by atoms with E-state index in [1.165, 1.54) is 30.0 Å². The highest BCUT2D eigenvalue weighted by Crippen LogP contribution is 2.27. The maximum atomic E-state index is 12.8. The number of alkyl halides is 2. The van der Waals surface area contributed by atoms with Crippen LogP contribution in [-0.4, -0.2) is 26.7 Å². The zero-order valence-corrected chi connectivity index (χ0v) is 11.6. The van der Waals surface area contributed by atoms with Gasteiger partial charge >= 0.3 is 0 Å². The molecule has 3 aromatic heterocycles. The lowest BCUT2D eigenvalue weighted by Crippen LogP contribution is -2.00. The molecule has 0 unspecified atom stereocenters. The molecule has 0 saturated carbocycles. The maximum absolute atomic E-state index is 12.8. The molecule has 5 nitrogen and oxygen atoms in total. The summed E-state index contributed by atoms with van der Waals surface area (Å²) < 4.78 is 31.9. The monoisotopic (exact) mass is 310 g/mol. The number of pyridine rings is 1. The molecule has 21 heavy (non-hydrogen) atoms. The number of methoxy groups -OCH3 is 1. The molecule has 0 radical (unpaired) electrons. The Morgan fingerprint density at radius 1 is 1.29 bits per heavy atom. The van der Waals surface area contributed by atoms with Gasteiger partial charge in [0.25, 0.3) is 6.43 Å². The van der Waals surface area contributed by atoms with Crippen LogP contribution >= 0.6 is 11.6 Å². The van der Waals surface area contributed by atoms with Gasteiger partial charge in [-0.05, 0) is 18.2 Å². The fourth-order valence-corrected chi connectivity index (χ4v) is 2.13. The van der Waals surface area contributed by atoms with Crippen LogP contribution in [0.3, 0.4) is 0 Å². The summed E-state index contributed by atoms with van der Waals surface area (Å²) in [6, 6.07) is 5.95. The van der Waals surface area contributed by atoms with Gasteiger partial charge in [0.15, 0.2) is 5.65 Å². The van der Waals surface area contributed by atoms with Crippen molar-refractivity contribution in [1.82, 2.24) is 19.6 Å². The molecule has 0 aromatic carbocycles. The highest BCUT2D eigenvalue weighted by Gasteiger charge is 2.14. The van der Waals surface area contributed by atoms with Gasteiger partial charge in [0.05, 0.1) is 19.0 Å². The van der Waals surface area contributed by atoms with Crippen LogP contribution in [0.25, 0.3) is 16.9 Å². The SMILES string of the molecule is COc1cc(-c2cnc3ccc(C(F)F)nn23)cc(Cl)n1. The van der Waals surface area contributed by atoms with E-state index in [2.05, 4.69) is 15.1 Å². The van der Waals surface area contributed by atoms with E-state index < -0.39 is 6.43 Å². The molecule has 3 aromatic rings. The average Bonchev–Trinajstić information content (AvgIpc) is 2.89. The molecule has 0 N–H and O–H groups in total. The fraction of sp³-hybridized carbons (Fsp3) is 0.154. The van der Waals surface area contributed by atoms with Crippen molar-refractivity contribution in [3.05, 3.63) is 41.3 Å². The number of ether oxygens (including phenoxy) is 1. The van der Waals surface area contributed by atoms with Crippen molar-refractivity contribution in [2.75, 3.05) is 7.11 Å². The van der Waals surface area contributed by atoms with Crippen LogP contribution in [0.1, 0.15) is 12.1 Å². The topological polar surface area (TPSA) is 52.3 Å². The number of halogens is 3. The number of hydrogen-bond donors (Lipinski definition) is 0. The molecule has 3 rings (SSSR count). The van der Waals surface area contributed by atoms with E-state index in [4.69, 9.17) is 16.3 Å². The zero-order valence-electron chi connectivity index (χ0n) is 10.8. The Labute approximate surface area is 123 Å². The van der Waals surface area contributed by atoms with E-state index in [0.717, 1.165) is 0 Å². The highest BCUT2D eigenvalue weighted by atomic mass is 35.5. The predicted octanol–water partition coefficient (Wildman–Crippen LogP) is 3.39. The summed E-state index contributed by atoms with van der Waals surface area (Å²) >= 11 is 5.92. The van der Waals surface area contributed by atoms with E-state index in [1.54, 1.807) is 12.1 Å². The summed E-state index contributed by atoms with van der Waals surface area (Å²) in [5, 5.41) is 4.12. The third-order valence-electron chi connectivity index (χ3n) is 2.88. The summed E-state index contributed by atoms with van der Waals surface area (Å²) in [7, 11) is 1.46. The molecule has 8 heteroatoms. The molecule has 0 aliphatic carbocycles. The van der Waals surface area contributed by atoms with Gasteiger partial charge in [-0.3, -0.25) is 0 Å². The van der Waals surface area contributed by atoms with Crippen LogP contribution in [0.2, 0.25) is 5.15 Å². The van der Waals surface area contributed by atoms with Gasteiger partial charge in [-0.1, -0.05) is 11.6 Å². The number of imidazole rings is 1. The largest absolute Gasteiger partial charge is 0.481 e. The molecule has 0 fully saturated rings. The normalized spacial score (nSPS) is 11.3. The maximum Gasteiger partial charge on any atom is 0.282 e. The van der Waals surface area contributed by atoms with E-state index in [1.807, 2.05) is 0 Å². The van der Waals surface area contributed by atoms with Gasteiger partial charge in [0.1, 0.15) is 10.8 Å². The van der Waals surface area contributed by atoms with E-state index in [0.29, 0.717) is 22.8 Å². The molecule has 3 heterocycles. The smallest absolute Gasteiger partial charge is 0.282 e. The summed E-state index contributed by atoms with van der Waals surface area (Å²) in [5.74, 6) is 0.317. The van der Waals surface area contributed by atoms with Gasteiger partial charge in [-0.2, -0.15) is 5.10 Å². The zero-order chi connectivity index (χ0) is 15.0. The molecule has 0 atom stereocenters. The van der Waals surface area contributed by atoms with Crippen molar-refractivity contribution >= 4 is 17.2 Å². The Morgan fingerprint density at radius 2 is 2.10 bits per heavy atom. The summed E-state index contributed by atoms with van der Waals surface area (Å²) in [6.45, 7) is 0. The van der Waals surface area contributed by atoms with Crippen LogP contribution in [0.4, 0.5) is 8.78 Å². The van der Waals surface area contributed by atoms with Crippen molar-refractivity contribution in [3.8, 4) is 17.1 Å². The van der Waals surface area contributed by atoms with Crippen molar-refractivity contribution in [2.45, 2.75) is 6.43 Å². The van der Waals surface area contributed by atoms with Gasteiger partial charge in [-0.25, -0.2) is 23.3 Å². The van der Waals surface area contributed by atoms with Gasteiger partial charge in [-0.15, -0.1) is 0 Å². The van der Waals surface area contributed by atoms with Crippen LogP contribution in [-0.2, 0) is 0 Å². The van der Waals surface area contributed by atoms with Crippen molar-refractivity contribution in [3.63, 3.8) is 0 Å². The second-order valence-electron chi connectivity index (χ2n) is 4.19. The Morgan fingerprint density at radius 3 is 2.81 bits per heavy atom. The first-order valence-corrected chi connectivity index (χ1v) is 6.31.